The first-order chi connectivity index (χ1) is 15.4. The summed E-state index contributed by atoms with van der Waals surface area (Å²) in [6.45, 7) is 12.4. The Morgan fingerprint density at radius 2 is 1.58 bits per heavy atom. The van der Waals surface area contributed by atoms with Crippen molar-refractivity contribution in [3.8, 4) is 0 Å². The molecule has 1 fully saturated rings. The van der Waals surface area contributed by atoms with E-state index in [2.05, 4.69) is 33.0 Å². The summed E-state index contributed by atoms with van der Waals surface area (Å²) in [5.74, 6) is 0.0535. The molecule has 6 nitrogen and oxygen atoms in total. The number of nitrogens with one attached hydrogen (secondary N) is 1. The number of para-hydroxylation sites is 1. The van der Waals surface area contributed by atoms with Crippen LogP contribution in [0.1, 0.15) is 74.9 Å². The number of sulfonamides is 1. The van der Waals surface area contributed by atoms with Crippen LogP contribution in [0.15, 0.2) is 41.3 Å². The number of halogens is 1. The minimum atomic E-state index is -3.89. The first-order valence-electron chi connectivity index (χ1n) is 11.3. The normalized spacial score (nSPS) is 19.8. The molecule has 2 aromatic carbocycles. The van der Waals surface area contributed by atoms with Crippen LogP contribution in [0.3, 0.4) is 0 Å². The van der Waals surface area contributed by atoms with Crippen LogP contribution in [0.5, 0.6) is 0 Å². The summed E-state index contributed by atoms with van der Waals surface area (Å²) in [6, 6.07) is 10.4. The quantitative estimate of drug-likeness (QED) is 0.566. The van der Waals surface area contributed by atoms with Crippen molar-refractivity contribution in [3.63, 3.8) is 0 Å². The molecule has 2 atom stereocenters. The average molecular weight is 493 g/mol. The van der Waals surface area contributed by atoms with Gasteiger partial charge in [0, 0.05) is 24.3 Å². The number of rotatable bonds is 6. The van der Waals surface area contributed by atoms with Gasteiger partial charge in [-0.05, 0) is 55.0 Å². The topological polar surface area (TPSA) is 75.7 Å². The minimum absolute atomic E-state index is 0.0701. The maximum atomic E-state index is 13.4. The van der Waals surface area contributed by atoms with Crippen molar-refractivity contribution >= 4 is 33.2 Å². The lowest BCUT2D eigenvalue weighted by Crippen LogP contribution is -2.48. The number of amides is 1. The van der Waals surface area contributed by atoms with Gasteiger partial charge in [0.05, 0.1) is 17.2 Å². The van der Waals surface area contributed by atoms with Crippen LogP contribution in [-0.4, -0.2) is 43.9 Å². The van der Waals surface area contributed by atoms with E-state index in [1.165, 1.54) is 16.4 Å². The Kier molecular flexibility index (Phi) is 7.89. The summed E-state index contributed by atoms with van der Waals surface area (Å²) in [7, 11) is -3.89. The molecule has 33 heavy (non-hydrogen) atoms. The van der Waals surface area contributed by atoms with Gasteiger partial charge in [-0.25, -0.2) is 8.42 Å². The van der Waals surface area contributed by atoms with Gasteiger partial charge in [-0.3, -0.25) is 4.79 Å². The number of benzene rings is 2. The molecular weight excluding hydrogens is 460 g/mol. The van der Waals surface area contributed by atoms with Crippen molar-refractivity contribution in [2.75, 3.05) is 18.4 Å². The van der Waals surface area contributed by atoms with E-state index >= 15 is 0 Å². The monoisotopic (exact) mass is 492 g/mol. The Morgan fingerprint density at radius 1 is 1.03 bits per heavy atom. The number of hydrogen-bond donors (Lipinski definition) is 1. The summed E-state index contributed by atoms with van der Waals surface area (Å²) in [5, 5.41) is 3.13. The molecule has 180 valence electrons. The second-order valence-electron chi connectivity index (χ2n) is 9.30. The highest BCUT2D eigenvalue weighted by atomic mass is 35.5. The lowest BCUT2D eigenvalue weighted by atomic mass is 9.92. The van der Waals surface area contributed by atoms with E-state index in [4.69, 9.17) is 16.3 Å². The molecule has 0 spiro atoms. The molecule has 0 aliphatic carbocycles. The summed E-state index contributed by atoms with van der Waals surface area (Å²) in [5.41, 5.74) is 3.09. The Bertz CT molecular complexity index is 1090. The molecule has 0 saturated carbocycles. The summed E-state index contributed by atoms with van der Waals surface area (Å²) < 4.78 is 33.8. The Labute approximate surface area is 202 Å². The summed E-state index contributed by atoms with van der Waals surface area (Å²) >= 11 is 6.30. The molecule has 1 heterocycles. The number of ether oxygens (including phenoxy) is 1. The first kappa shape index (κ1) is 25.7. The van der Waals surface area contributed by atoms with Crippen molar-refractivity contribution in [2.45, 2.75) is 70.5 Å². The molecule has 0 unspecified atom stereocenters. The maximum Gasteiger partial charge on any atom is 0.255 e. The zero-order valence-corrected chi connectivity index (χ0v) is 21.6. The van der Waals surface area contributed by atoms with Crippen molar-refractivity contribution in [2.24, 2.45) is 0 Å². The molecule has 2 aromatic rings. The number of carbonyl (C=O) groups is 1. The van der Waals surface area contributed by atoms with Gasteiger partial charge in [0.1, 0.15) is 4.90 Å². The number of hydrogen-bond acceptors (Lipinski definition) is 4. The van der Waals surface area contributed by atoms with E-state index in [1.54, 1.807) is 6.07 Å². The largest absolute Gasteiger partial charge is 0.373 e. The third kappa shape index (κ3) is 5.60. The lowest BCUT2D eigenvalue weighted by Gasteiger charge is -2.34. The van der Waals surface area contributed by atoms with Crippen LogP contribution in [0.4, 0.5) is 5.69 Å². The molecule has 0 bridgehead atoms. The van der Waals surface area contributed by atoms with Crippen LogP contribution < -0.4 is 5.32 Å². The van der Waals surface area contributed by atoms with Gasteiger partial charge < -0.3 is 10.1 Å². The van der Waals surface area contributed by atoms with Gasteiger partial charge in [0.15, 0.2) is 0 Å². The standard InChI is InChI=1S/C25H33ClN2O4S/c1-15(2)20-8-7-9-21(16(3)4)24(20)27-25(29)19-10-11-22(26)23(12-19)33(30,31)28-13-17(5)32-18(6)14-28/h7-12,15-18H,13-14H2,1-6H3,(H,27,29)/t17-,18-/m1/s1. The van der Waals surface area contributed by atoms with E-state index < -0.39 is 10.0 Å². The maximum absolute atomic E-state index is 13.4. The minimum Gasteiger partial charge on any atom is -0.373 e. The highest BCUT2D eigenvalue weighted by Crippen LogP contribution is 2.33. The second-order valence-corrected chi connectivity index (χ2v) is 11.6. The van der Waals surface area contributed by atoms with E-state index in [1.807, 2.05) is 32.0 Å². The molecule has 1 aliphatic heterocycles. The highest BCUT2D eigenvalue weighted by Gasteiger charge is 2.34. The molecule has 1 amide bonds. The Hall–Kier alpha value is -1.93. The molecule has 1 N–H and O–H groups in total. The summed E-state index contributed by atoms with van der Waals surface area (Å²) in [6.07, 6.45) is -0.452. The average Bonchev–Trinajstić information content (AvgIpc) is 2.72. The predicted molar refractivity (Wildman–Crippen MR) is 133 cm³/mol. The third-order valence-electron chi connectivity index (χ3n) is 5.81. The van der Waals surface area contributed by atoms with Crippen molar-refractivity contribution in [3.05, 3.63) is 58.1 Å². The predicted octanol–water partition coefficient (Wildman–Crippen LogP) is 5.64. The van der Waals surface area contributed by atoms with Gasteiger partial charge in [0.25, 0.3) is 5.91 Å². The van der Waals surface area contributed by atoms with Crippen molar-refractivity contribution in [1.82, 2.24) is 4.31 Å². The van der Waals surface area contributed by atoms with E-state index in [0.29, 0.717) is 0 Å². The fourth-order valence-corrected chi connectivity index (χ4v) is 6.28. The number of nitrogens with zero attached hydrogens (tertiary/aromatic N) is 1. The van der Waals surface area contributed by atoms with Gasteiger partial charge in [-0.1, -0.05) is 57.5 Å². The van der Waals surface area contributed by atoms with Crippen LogP contribution in [0, 0.1) is 0 Å². The Balaban J connectivity index is 1.97. The van der Waals surface area contributed by atoms with E-state index in [9.17, 15) is 13.2 Å². The highest BCUT2D eigenvalue weighted by molar-refractivity contribution is 7.89. The van der Waals surface area contributed by atoms with Crippen LogP contribution in [0.2, 0.25) is 5.02 Å². The molecular formula is C25H33ClN2O4S. The fraction of sp³-hybridized carbons (Fsp3) is 0.480. The molecule has 0 aromatic heterocycles. The Morgan fingerprint density at radius 3 is 2.09 bits per heavy atom. The smallest absolute Gasteiger partial charge is 0.255 e. The SMILES string of the molecule is CC(C)c1cccc(C(C)C)c1NC(=O)c1ccc(Cl)c(S(=O)(=O)N2C[C@@H](C)O[C@H](C)C2)c1. The summed E-state index contributed by atoms with van der Waals surface area (Å²) in [4.78, 5) is 13.2. The lowest BCUT2D eigenvalue weighted by molar-refractivity contribution is -0.0440. The van der Waals surface area contributed by atoms with Crippen LogP contribution in [0.25, 0.3) is 0 Å². The van der Waals surface area contributed by atoms with Crippen LogP contribution >= 0.6 is 11.6 Å². The molecule has 3 rings (SSSR count). The van der Waals surface area contributed by atoms with Crippen molar-refractivity contribution < 1.29 is 17.9 Å². The van der Waals surface area contributed by atoms with Gasteiger partial charge in [-0.2, -0.15) is 4.31 Å². The van der Waals surface area contributed by atoms with Gasteiger partial charge in [-0.15, -0.1) is 0 Å². The number of anilines is 1. The fourth-order valence-electron chi connectivity index (χ4n) is 4.19. The molecule has 1 aliphatic rings. The van der Waals surface area contributed by atoms with Gasteiger partial charge >= 0.3 is 0 Å². The van der Waals surface area contributed by atoms with Crippen LogP contribution in [-0.2, 0) is 14.8 Å². The molecule has 1 saturated heterocycles. The van der Waals surface area contributed by atoms with Crippen molar-refractivity contribution in [1.29, 1.82) is 0 Å². The van der Waals surface area contributed by atoms with E-state index in [-0.39, 0.29) is 58.5 Å². The number of carbonyl (C=O) groups excluding carboxylic acids is 1. The number of morpholine rings is 1. The second kappa shape index (κ2) is 10.1. The first-order valence-corrected chi connectivity index (χ1v) is 13.1. The zero-order valence-electron chi connectivity index (χ0n) is 20.1. The third-order valence-corrected chi connectivity index (χ3v) is 8.12. The van der Waals surface area contributed by atoms with E-state index in [0.717, 1.165) is 16.8 Å². The molecule has 8 heteroatoms. The zero-order chi connectivity index (χ0) is 24.5. The van der Waals surface area contributed by atoms with Gasteiger partial charge in [0.2, 0.25) is 10.0 Å². The molecule has 0 radical (unpaired) electrons.